The average Bonchev–Trinajstić information content (AvgIpc) is 2.26. The van der Waals surface area contributed by atoms with Crippen molar-refractivity contribution in [1.82, 2.24) is 0 Å². The van der Waals surface area contributed by atoms with Gasteiger partial charge in [-0.1, -0.05) is 32.4 Å². The van der Waals surface area contributed by atoms with Crippen molar-refractivity contribution in [2.45, 2.75) is 39.7 Å². The minimum Gasteiger partial charge on any atom is -0.495 e. The number of ketones is 1. The molecule has 0 heterocycles. The van der Waals surface area contributed by atoms with Gasteiger partial charge >= 0.3 is 0 Å². The fraction of sp³-hybridized carbons (Fsp3) is 0.533. The standard InChI is InChI=1S/C15H22ClNO2/c1-15(2,3)9-11(17)8-13(18)10-5-6-12(16)14(7-10)19-4/h5-7,11H,8-9,17H2,1-4H3. The monoisotopic (exact) mass is 283 g/mol. The van der Waals surface area contributed by atoms with Gasteiger partial charge < -0.3 is 10.5 Å². The van der Waals surface area contributed by atoms with Crippen LogP contribution in [0.4, 0.5) is 0 Å². The molecule has 4 heteroatoms. The Kier molecular flexibility index (Phi) is 5.39. The molecule has 0 saturated heterocycles. The van der Waals surface area contributed by atoms with Crippen LogP contribution in [0, 0.1) is 5.41 Å². The lowest BCUT2D eigenvalue weighted by molar-refractivity contribution is 0.0968. The van der Waals surface area contributed by atoms with E-state index < -0.39 is 0 Å². The summed E-state index contributed by atoms with van der Waals surface area (Å²) in [5.41, 5.74) is 6.73. The normalized spacial score (nSPS) is 13.2. The van der Waals surface area contributed by atoms with E-state index in [4.69, 9.17) is 22.1 Å². The van der Waals surface area contributed by atoms with E-state index >= 15 is 0 Å². The molecule has 0 radical (unpaired) electrons. The van der Waals surface area contributed by atoms with Gasteiger partial charge in [-0.15, -0.1) is 0 Å². The number of carbonyl (C=O) groups excluding carboxylic acids is 1. The Bertz CT molecular complexity index is 452. The minimum atomic E-state index is -0.130. The first-order chi connectivity index (χ1) is 8.73. The average molecular weight is 284 g/mol. The molecule has 1 rings (SSSR count). The van der Waals surface area contributed by atoms with Crippen LogP contribution in [0.5, 0.6) is 5.75 Å². The number of hydrogen-bond donors (Lipinski definition) is 1. The van der Waals surface area contributed by atoms with E-state index in [-0.39, 0.29) is 17.2 Å². The summed E-state index contributed by atoms with van der Waals surface area (Å²) in [6, 6.07) is 4.91. The number of nitrogens with two attached hydrogens (primary N) is 1. The molecule has 0 saturated carbocycles. The summed E-state index contributed by atoms with van der Waals surface area (Å²) in [7, 11) is 1.53. The Hall–Kier alpha value is -1.06. The van der Waals surface area contributed by atoms with Crippen LogP contribution in [-0.4, -0.2) is 18.9 Å². The van der Waals surface area contributed by atoms with Crippen molar-refractivity contribution in [3.05, 3.63) is 28.8 Å². The third kappa shape index (κ3) is 5.21. The number of hydrogen-bond acceptors (Lipinski definition) is 3. The van der Waals surface area contributed by atoms with E-state index in [1.54, 1.807) is 18.2 Å². The molecule has 1 atom stereocenters. The largest absolute Gasteiger partial charge is 0.495 e. The summed E-state index contributed by atoms with van der Waals surface area (Å²) in [5, 5.41) is 0.498. The lowest BCUT2D eigenvalue weighted by Gasteiger charge is -2.22. The maximum absolute atomic E-state index is 12.1. The quantitative estimate of drug-likeness (QED) is 0.839. The highest BCUT2D eigenvalue weighted by atomic mass is 35.5. The number of ether oxygens (including phenoxy) is 1. The molecule has 0 aliphatic heterocycles. The topological polar surface area (TPSA) is 52.3 Å². The summed E-state index contributed by atoms with van der Waals surface area (Å²) in [6.07, 6.45) is 1.14. The smallest absolute Gasteiger partial charge is 0.164 e. The van der Waals surface area contributed by atoms with Crippen LogP contribution in [0.1, 0.15) is 44.0 Å². The zero-order chi connectivity index (χ0) is 14.6. The Labute approximate surface area is 120 Å². The highest BCUT2D eigenvalue weighted by Crippen LogP contribution is 2.26. The zero-order valence-electron chi connectivity index (χ0n) is 12.0. The molecule has 3 nitrogen and oxygen atoms in total. The molecule has 1 aromatic carbocycles. The Balaban J connectivity index is 2.73. The van der Waals surface area contributed by atoms with E-state index in [1.165, 1.54) is 7.11 Å². The molecule has 0 spiro atoms. The zero-order valence-corrected chi connectivity index (χ0v) is 12.8. The maximum Gasteiger partial charge on any atom is 0.164 e. The molecule has 106 valence electrons. The maximum atomic E-state index is 12.1. The fourth-order valence-corrected chi connectivity index (χ4v) is 2.24. The molecule has 0 fully saturated rings. The van der Waals surface area contributed by atoms with Crippen LogP contribution in [0.15, 0.2) is 18.2 Å². The van der Waals surface area contributed by atoms with E-state index in [0.29, 0.717) is 22.8 Å². The number of carbonyl (C=O) groups is 1. The van der Waals surface area contributed by atoms with E-state index in [1.807, 2.05) is 0 Å². The Morgan fingerprint density at radius 3 is 2.58 bits per heavy atom. The van der Waals surface area contributed by atoms with Crippen molar-refractivity contribution >= 4 is 17.4 Å². The second-order valence-electron chi connectivity index (χ2n) is 6.00. The number of halogens is 1. The van der Waals surface area contributed by atoms with E-state index in [0.717, 1.165) is 6.42 Å². The van der Waals surface area contributed by atoms with Crippen molar-refractivity contribution in [2.24, 2.45) is 11.1 Å². The minimum absolute atomic E-state index is 0.0201. The van der Waals surface area contributed by atoms with Crippen molar-refractivity contribution in [2.75, 3.05) is 7.11 Å². The molecule has 2 N–H and O–H groups in total. The molecule has 19 heavy (non-hydrogen) atoms. The van der Waals surface area contributed by atoms with Gasteiger partial charge in [-0.25, -0.2) is 0 Å². The van der Waals surface area contributed by atoms with E-state index in [9.17, 15) is 4.79 Å². The van der Waals surface area contributed by atoms with Crippen molar-refractivity contribution in [3.63, 3.8) is 0 Å². The van der Waals surface area contributed by atoms with E-state index in [2.05, 4.69) is 20.8 Å². The van der Waals surface area contributed by atoms with Gasteiger partial charge in [0, 0.05) is 18.0 Å². The SMILES string of the molecule is COc1cc(C(=O)CC(N)CC(C)(C)C)ccc1Cl. The molecule has 0 bridgehead atoms. The van der Waals surface area contributed by atoms with Gasteiger partial charge in [-0.2, -0.15) is 0 Å². The molecular formula is C15H22ClNO2. The number of rotatable bonds is 5. The fourth-order valence-electron chi connectivity index (χ4n) is 2.05. The van der Waals surface area contributed by atoms with Crippen molar-refractivity contribution < 1.29 is 9.53 Å². The second-order valence-corrected chi connectivity index (χ2v) is 6.41. The first-order valence-corrected chi connectivity index (χ1v) is 6.73. The summed E-state index contributed by atoms with van der Waals surface area (Å²) in [4.78, 5) is 12.1. The third-order valence-corrected chi connectivity index (χ3v) is 3.11. The van der Waals surface area contributed by atoms with Gasteiger partial charge in [0.05, 0.1) is 12.1 Å². The van der Waals surface area contributed by atoms with Gasteiger partial charge in [0.2, 0.25) is 0 Å². The summed E-state index contributed by atoms with van der Waals surface area (Å²) < 4.78 is 5.11. The van der Waals surface area contributed by atoms with Crippen LogP contribution >= 0.6 is 11.6 Å². The second kappa shape index (κ2) is 6.40. The van der Waals surface area contributed by atoms with Crippen LogP contribution in [0.25, 0.3) is 0 Å². The van der Waals surface area contributed by atoms with Crippen LogP contribution < -0.4 is 10.5 Å². The molecule has 0 aliphatic rings. The van der Waals surface area contributed by atoms with Crippen LogP contribution in [0.3, 0.4) is 0 Å². The molecule has 1 unspecified atom stereocenters. The molecule has 0 aromatic heterocycles. The van der Waals surface area contributed by atoms with Gasteiger partial charge in [0.25, 0.3) is 0 Å². The summed E-state index contributed by atoms with van der Waals surface area (Å²) in [6.45, 7) is 6.34. The first-order valence-electron chi connectivity index (χ1n) is 6.35. The number of Topliss-reactive ketones (excluding diaryl/α,β-unsaturated/α-hetero) is 1. The molecule has 0 amide bonds. The predicted octanol–water partition coefficient (Wildman–Crippen LogP) is 3.68. The lowest BCUT2D eigenvalue weighted by atomic mass is 9.86. The number of methoxy groups -OCH3 is 1. The van der Waals surface area contributed by atoms with Crippen molar-refractivity contribution in [1.29, 1.82) is 0 Å². The first kappa shape index (κ1) is 16.0. The van der Waals surface area contributed by atoms with Crippen LogP contribution in [-0.2, 0) is 0 Å². The third-order valence-electron chi connectivity index (χ3n) is 2.80. The lowest BCUT2D eigenvalue weighted by Crippen LogP contribution is -2.29. The summed E-state index contributed by atoms with van der Waals surface area (Å²) in [5.74, 6) is 0.531. The Morgan fingerprint density at radius 1 is 1.42 bits per heavy atom. The van der Waals surface area contributed by atoms with Gasteiger partial charge in [-0.05, 0) is 30.0 Å². The van der Waals surface area contributed by atoms with Gasteiger partial charge in [0.15, 0.2) is 5.78 Å². The molecule has 0 aliphatic carbocycles. The Morgan fingerprint density at radius 2 is 2.05 bits per heavy atom. The number of benzene rings is 1. The van der Waals surface area contributed by atoms with Crippen molar-refractivity contribution in [3.8, 4) is 5.75 Å². The van der Waals surface area contributed by atoms with Gasteiger partial charge in [0.1, 0.15) is 5.75 Å². The highest BCUT2D eigenvalue weighted by molar-refractivity contribution is 6.32. The molecular weight excluding hydrogens is 262 g/mol. The van der Waals surface area contributed by atoms with Crippen LogP contribution in [0.2, 0.25) is 5.02 Å². The highest BCUT2D eigenvalue weighted by Gasteiger charge is 2.19. The predicted molar refractivity (Wildman–Crippen MR) is 79.0 cm³/mol. The summed E-state index contributed by atoms with van der Waals surface area (Å²) >= 11 is 5.93. The van der Waals surface area contributed by atoms with Gasteiger partial charge in [-0.3, -0.25) is 4.79 Å². The molecule has 1 aromatic rings.